The van der Waals surface area contributed by atoms with Crippen LogP contribution in [0, 0.1) is 11.3 Å². The van der Waals surface area contributed by atoms with Crippen molar-refractivity contribution < 1.29 is 9.59 Å². The lowest BCUT2D eigenvalue weighted by Gasteiger charge is -2.23. The van der Waals surface area contributed by atoms with Gasteiger partial charge in [0.2, 0.25) is 11.8 Å². The molecule has 3 N–H and O–H groups in total. The molecule has 0 aromatic rings. The van der Waals surface area contributed by atoms with Gasteiger partial charge in [0.15, 0.2) is 0 Å². The number of likely N-dealkylation sites (tertiary alicyclic amines) is 1. The monoisotopic (exact) mass is 253 g/mol. The second-order valence-corrected chi connectivity index (χ2v) is 5.91. The number of carbonyl (C=O) groups is 2. The first kappa shape index (κ1) is 13.3. The molecule has 2 fully saturated rings. The van der Waals surface area contributed by atoms with Gasteiger partial charge in [-0.2, -0.15) is 0 Å². The predicted octanol–water partition coefficient (Wildman–Crippen LogP) is 0.0984. The van der Waals surface area contributed by atoms with Crippen LogP contribution in [-0.2, 0) is 9.59 Å². The van der Waals surface area contributed by atoms with Gasteiger partial charge in [0.05, 0.1) is 5.41 Å². The SMILES string of the molecule is CNC(=O)C1(C)CCN(C(=O)CC(N)C2CC2)C1. The van der Waals surface area contributed by atoms with E-state index in [-0.39, 0.29) is 17.9 Å². The lowest BCUT2D eigenvalue weighted by Crippen LogP contribution is -2.41. The highest BCUT2D eigenvalue weighted by atomic mass is 16.2. The summed E-state index contributed by atoms with van der Waals surface area (Å²) >= 11 is 0. The molecule has 0 aromatic carbocycles. The summed E-state index contributed by atoms with van der Waals surface area (Å²) in [5.74, 6) is 0.660. The van der Waals surface area contributed by atoms with Gasteiger partial charge >= 0.3 is 0 Å². The third-order valence-corrected chi connectivity index (χ3v) is 4.24. The molecule has 18 heavy (non-hydrogen) atoms. The average Bonchev–Trinajstić information content (AvgIpc) is 3.11. The topological polar surface area (TPSA) is 75.4 Å². The van der Waals surface area contributed by atoms with Gasteiger partial charge in [0.1, 0.15) is 0 Å². The van der Waals surface area contributed by atoms with E-state index in [9.17, 15) is 9.59 Å². The zero-order chi connectivity index (χ0) is 13.3. The Morgan fingerprint density at radius 2 is 2.17 bits per heavy atom. The summed E-state index contributed by atoms with van der Waals surface area (Å²) < 4.78 is 0. The number of nitrogens with zero attached hydrogens (tertiary/aromatic N) is 1. The van der Waals surface area contributed by atoms with Crippen LogP contribution < -0.4 is 11.1 Å². The summed E-state index contributed by atoms with van der Waals surface area (Å²) in [5.41, 5.74) is 5.54. The number of nitrogens with one attached hydrogen (secondary N) is 1. The molecule has 2 unspecified atom stereocenters. The van der Waals surface area contributed by atoms with Crippen molar-refractivity contribution in [3.05, 3.63) is 0 Å². The summed E-state index contributed by atoms with van der Waals surface area (Å²) in [6, 6.07) is 0.00403. The van der Waals surface area contributed by atoms with Gasteiger partial charge in [0.25, 0.3) is 0 Å². The van der Waals surface area contributed by atoms with E-state index in [0.717, 1.165) is 19.3 Å². The van der Waals surface area contributed by atoms with Crippen LogP contribution in [0.25, 0.3) is 0 Å². The van der Waals surface area contributed by atoms with Gasteiger partial charge in [-0.05, 0) is 32.1 Å². The van der Waals surface area contributed by atoms with Crippen LogP contribution in [-0.4, -0.2) is 42.9 Å². The fourth-order valence-electron chi connectivity index (χ4n) is 2.68. The fourth-order valence-corrected chi connectivity index (χ4v) is 2.68. The third kappa shape index (κ3) is 2.66. The number of amides is 2. The van der Waals surface area contributed by atoms with Gasteiger partial charge in [-0.1, -0.05) is 0 Å². The van der Waals surface area contributed by atoms with Gasteiger partial charge in [-0.15, -0.1) is 0 Å². The lowest BCUT2D eigenvalue weighted by molar-refractivity contribution is -0.132. The van der Waals surface area contributed by atoms with Crippen LogP contribution in [0.1, 0.15) is 32.6 Å². The second kappa shape index (κ2) is 4.88. The quantitative estimate of drug-likeness (QED) is 0.746. The Morgan fingerprint density at radius 3 is 2.72 bits per heavy atom. The Balaban J connectivity index is 1.87. The maximum absolute atomic E-state index is 12.1. The molecule has 2 rings (SSSR count). The summed E-state index contributed by atoms with van der Waals surface area (Å²) in [7, 11) is 1.64. The van der Waals surface area contributed by atoms with E-state index >= 15 is 0 Å². The van der Waals surface area contributed by atoms with Crippen molar-refractivity contribution in [1.82, 2.24) is 10.2 Å². The highest BCUT2D eigenvalue weighted by molar-refractivity contribution is 5.85. The van der Waals surface area contributed by atoms with E-state index in [0.29, 0.717) is 25.4 Å². The molecule has 0 radical (unpaired) electrons. The van der Waals surface area contributed by atoms with E-state index in [2.05, 4.69) is 5.32 Å². The first-order valence-electron chi connectivity index (χ1n) is 6.72. The van der Waals surface area contributed by atoms with Crippen molar-refractivity contribution in [1.29, 1.82) is 0 Å². The van der Waals surface area contributed by atoms with Gasteiger partial charge in [-0.25, -0.2) is 0 Å². The first-order valence-corrected chi connectivity index (χ1v) is 6.72. The Hall–Kier alpha value is -1.10. The maximum atomic E-state index is 12.1. The molecule has 1 saturated heterocycles. The summed E-state index contributed by atoms with van der Waals surface area (Å²) in [6.07, 6.45) is 3.47. The number of carbonyl (C=O) groups excluding carboxylic acids is 2. The largest absolute Gasteiger partial charge is 0.359 e. The Kier molecular flexibility index (Phi) is 3.61. The Bertz CT molecular complexity index is 354. The molecule has 2 amide bonds. The zero-order valence-electron chi connectivity index (χ0n) is 11.2. The summed E-state index contributed by atoms with van der Waals surface area (Å²) in [5, 5.41) is 2.67. The van der Waals surface area contributed by atoms with Crippen molar-refractivity contribution >= 4 is 11.8 Å². The number of hydrogen-bond donors (Lipinski definition) is 2. The molecule has 2 atom stereocenters. The van der Waals surface area contributed by atoms with Crippen molar-refractivity contribution in [3.63, 3.8) is 0 Å². The van der Waals surface area contributed by atoms with Gasteiger partial charge < -0.3 is 16.0 Å². The molecule has 2 aliphatic rings. The minimum absolute atomic E-state index is 0.00403. The van der Waals surface area contributed by atoms with Crippen molar-refractivity contribution in [3.8, 4) is 0 Å². The highest BCUT2D eigenvalue weighted by Gasteiger charge is 2.42. The second-order valence-electron chi connectivity index (χ2n) is 5.91. The van der Waals surface area contributed by atoms with Crippen LogP contribution in [0.5, 0.6) is 0 Å². The molecular weight excluding hydrogens is 230 g/mol. The smallest absolute Gasteiger partial charge is 0.227 e. The van der Waals surface area contributed by atoms with E-state index in [4.69, 9.17) is 5.73 Å². The van der Waals surface area contributed by atoms with E-state index < -0.39 is 5.41 Å². The van der Waals surface area contributed by atoms with E-state index in [1.807, 2.05) is 6.92 Å². The molecule has 1 heterocycles. The van der Waals surface area contributed by atoms with Crippen LogP contribution in [0.4, 0.5) is 0 Å². The van der Waals surface area contributed by atoms with Gasteiger partial charge in [-0.3, -0.25) is 9.59 Å². The zero-order valence-corrected chi connectivity index (χ0v) is 11.2. The molecule has 1 saturated carbocycles. The molecular formula is C13H23N3O2. The molecule has 5 heteroatoms. The Morgan fingerprint density at radius 1 is 1.50 bits per heavy atom. The molecule has 0 bridgehead atoms. The number of hydrogen-bond acceptors (Lipinski definition) is 3. The number of rotatable bonds is 4. The molecule has 0 aromatic heterocycles. The summed E-state index contributed by atoms with van der Waals surface area (Å²) in [4.78, 5) is 25.7. The van der Waals surface area contributed by atoms with Crippen molar-refractivity contribution in [2.24, 2.45) is 17.1 Å². The van der Waals surface area contributed by atoms with Crippen LogP contribution in [0.3, 0.4) is 0 Å². The van der Waals surface area contributed by atoms with Crippen molar-refractivity contribution in [2.75, 3.05) is 20.1 Å². The molecule has 5 nitrogen and oxygen atoms in total. The van der Waals surface area contributed by atoms with E-state index in [1.54, 1.807) is 11.9 Å². The highest BCUT2D eigenvalue weighted by Crippen LogP contribution is 2.34. The molecule has 1 aliphatic heterocycles. The third-order valence-electron chi connectivity index (χ3n) is 4.24. The van der Waals surface area contributed by atoms with Crippen LogP contribution in [0.2, 0.25) is 0 Å². The number of nitrogens with two attached hydrogens (primary N) is 1. The molecule has 1 aliphatic carbocycles. The first-order chi connectivity index (χ1) is 8.46. The molecule has 0 spiro atoms. The maximum Gasteiger partial charge on any atom is 0.227 e. The fraction of sp³-hybridized carbons (Fsp3) is 0.846. The Labute approximate surface area is 108 Å². The van der Waals surface area contributed by atoms with Crippen LogP contribution in [0.15, 0.2) is 0 Å². The average molecular weight is 253 g/mol. The summed E-state index contributed by atoms with van der Waals surface area (Å²) in [6.45, 7) is 3.10. The minimum atomic E-state index is -0.436. The molecule has 102 valence electrons. The predicted molar refractivity (Wildman–Crippen MR) is 68.7 cm³/mol. The van der Waals surface area contributed by atoms with E-state index in [1.165, 1.54) is 0 Å². The standard InChI is InChI=1S/C13H23N3O2/c1-13(12(18)15-2)5-6-16(8-13)11(17)7-10(14)9-3-4-9/h9-10H,3-8,14H2,1-2H3,(H,15,18). The normalized spacial score (nSPS) is 29.2. The van der Waals surface area contributed by atoms with Crippen LogP contribution >= 0.6 is 0 Å². The van der Waals surface area contributed by atoms with Crippen molar-refractivity contribution in [2.45, 2.75) is 38.6 Å². The lowest BCUT2D eigenvalue weighted by atomic mass is 9.89. The minimum Gasteiger partial charge on any atom is -0.359 e. The van der Waals surface area contributed by atoms with Gasteiger partial charge in [0, 0.05) is 32.6 Å².